The van der Waals surface area contributed by atoms with Gasteiger partial charge in [0.05, 0.1) is 19.8 Å². The first-order chi connectivity index (χ1) is 12.2. The van der Waals surface area contributed by atoms with Crippen molar-refractivity contribution in [3.8, 4) is 0 Å². The Morgan fingerprint density at radius 3 is 2.92 bits per heavy atom. The van der Waals surface area contributed by atoms with Crippen LogP contribution in [0.3, 0.4) is 0 Å². The lowest BCUT2D eigenvalue weighted by Crippen LogP contribution is -2.48. The van der Waals surface area contributed by atoms with Crippen LogP contribution in [-0.4, -0.2) is 47.3 Å². The molecule has 3 atom stereocenters. The number of fused-ring (bicyclic) bond motifs is 6. The van der Waals surface area contributed by atoms with Gasteiger partial charge >= 0.3 is 5.97 Å². The number of likely N-dealkylation sites (tertiary alicyclic amines) is 1. The molecule has 0 aliphatic carbocycles. The average Bonchev–Trinajstić information content (AvgIpc) is 3.03. The van der Waals surface area contributed by atoms with Gasteiger partial charge < -0.3 is 14.4 Å². The minimum absolute atomic E-state index is 0.138. The molecular weight excluding hydrogens is 316 g/mol. The van der Waals surface area contributed by atoms with E-state index in [4.69, 9.17) is 4.74 Å². The Morgan fingerprint density at radius 2 is 2.20 bits per heavy atom. The molecule has 0 radical (unpaired) electrons. The van der Waals surface area contributed by atoms with Crippen LogP contribution in [0.25, 0.3) is 10.9 Å². The molecule has 5 nitrogen and oxygen atoms in total. The summed E-state index contributed by atoms with van der Waals surface area (Å²) in [4.78, 5) is 15.0. The molecule has 0 saturated carbocycles. The largest absolute Gasteiger partial charge is 0.467 e. The van der Waals surface area contributed by atoms with Gasteiger partial charge in [0, 0.05) is 30.2 Å². The van der Waals surface area contributed by atoms with Crippen LogP contribution >= 0.6 is 0 Å². The van der Waals surface area contributed by atoms with Crippen LogP contribution in [0, 0.1) is 5.92 Å². The maximum atomic E-state index is 12.7. The van der Waals surface area contributed by atoms with Gasteiger partial charge in [0.2, 0.25) is 0 Å². The second-order valence-corrected chi connectivity index (χ2v) is 6.88. The monoisotopic (exact) mass is 340 g/mol. The summed E-state index contributed by atoms with van der Waals surface area (Å²) >= 11 is 0. The molecule has 2 bridgehead atoms. The summed E-state index contributed by atoms with van der Waals surface area (Å²) in [7, 11) is 1.47. The number of aliphatic hydroxyl groups excluding tert-OH is 1. The van der Waals surface area contributed by atoms with E-state index in [2.05, 4.69) is 33.7 Å². The molecule has 2 aromatic rings. The SMILES string of the molecule is C/C=C1/CN(CCO)C2CC1C(C(=O)OC)n1c2cc2ccccc21. The van der Waals surface area contributed by atoms with Crippen molar-refractivity contribution >= 4 is 16.9 Å². The van der Waals surface area contributed by atoms with Gasteiger partial charge in [-0.3, -0.25) is 4.90 Å². The predicted molar refractivity (Wildman–Crippen MR) is 96.3 cm³/mol. The molecule has 1 aromatic heterocycles. The molecule has 1 fully saturated rings. The van der Waals surface area contributed by atoms with Crippen molar-refractivity contribution in [1.82, 2.24) is 9.47 Å². The number of esters is 1. The van der Waals surface area contributed by atoms with E-state index >= 15 is 0 Å². The zero-order valence-corrected chi connectivity index (χ0v) is 14.7. The van der Waals surface area contributed by atoms with Gasteiger partial charge in [0.1, 0.15) is 6.04 Å². The number of carbonyl (C=O) groups excluding carboxylic acids is 1. The zero-order chi connectivity index (χ0) is 17.6. The van der Waals surface area contributed by atoms with E-state index in [9.17, 15) is 9.90 Å². The van der Waals surface area contributed by atoms with Crippen molar-refractivity contribution < 1.29 is 14.6 Å². The lowest BCUT2D eigenvalue weighted by molar-refractivity contribution is -0.147. The fourth-order valence-corrected chi connectivity index (χ4v) is 4.65. The topological polar surface area (TPSA) is 54.7 Å². The van der Waals surface area contributed by atoms with Crippen molar-refractivity contribution in [3.05, 3.63) is 47.7 Å². The third-order valence-corrected chi connectivity index (χ3v) is 5.76. The first-order valence-corrected chi connectivity index (χ1v) is 8.87. The van der Waals surface area contributed by atoms with E-state index < -0.39 is 0 Å². The number of hydrogen-bond acceptors (Lipinski definition) is 4. The molecule has 0 amide bonds. The van der Waals surface area contributed by atoms with Gasteiger partial charge in [-0.1, -0.05) is 29.8 Å². The number of hydrogen-bond donors (Lipinski definition) is 1. The molecule has 3 heterocycles. The van der Waals surface area contributed by atoms with Crippen molar-refractivity contribution in [2.75, 3.05) is 26.8 Å². The van der Waals surface area contributed by atoms with E-state index in [1.165, 1.54) is 12.7 Å². The smallest absolute Gasteiger partial charge is 0.329 e. The molecule has 132 valence electrons. The maximum Gasteiger partial charge on any atom is 0.329 e. The van der Waals surface area contributed by atoms with E-state index in [-0.39, 0.29) is 30.6 Å². The van der Waals surface area contributed by atoms with Crippen molar-refractivity contribution in [2.24, 2.45) is 5.92 Å². The Kier molecular flexibility index (Phi) is 4.13. The van der Waals surface area contributed by atoms with Crippen LogP contribution in [0.15, 0.2) is 42.0 Å². The number of carbonyl (C=O) groups is 1. The Hall–Kier alpha value is -2.11. The lowest BCUT2D eigenvalue weighted by Gasteiger charge is -2.48. The van der Waals surface area contributed by atoms with Crippen LogP contribution in [0.2, 0.25) is 0 Å². The number of allylic oxidation sites excluding steroid dienone is 1. The highest BCUT2D eigenvalue weighted by molar-refractivity contribution is 5.85. The number of piperidine rings is 1. The Morgan fingerprint density at radius 1 is 1.40 bits per heavy atom. The van der Waals surface area contributed by atoms with E-state index in [1.54, 1.807) is 0 Å². The number of rotatable bonds is 3. The Balaban J connectivity index is 1.95. The highest BCUT2D eigenvalue weighted by atomic mass is 16.5. The van der Waals surface area contributed by atoms with Gasteiger partial charge in [0.25, 0.3) is 0 Å². The number of benzene rings is 1. The molecule has 5 heteroatoms. The van der Waals surface area contributed by atoms with Gasteiger partial charge in [-0.15, -0.1) is 0 Å². The van der Waals surface area contributed by atoms with Crippen LogP contribution in [0.5, 0.6) is 0 Å². The number of nitrogens with zero attached hydrogens (tertiary/aromatic N) is 2. The van der Waals surface area contributed by atoms with E-state index in [0.717, 1.165) is 29.6 Å². The summed E-state index contributed by atoms with van der Waals surface area (Å²) in [5.41, 5.74) is 3.48. The lowest BCUT2D eigenvalue weighted by atomic mass is 9.77. The van der Waals surface area contributed by atoms with Gasteiger partial charge in [-0.25, -0.2) is 4.79 Å². The van der Waals surface area contributed by atoms with E-state index in [1.807, 2.05) is 19.1 Å². The fourth-order valence-electron chi connectivity index (χ4n) is 4.65. The summed E-state index contributed by atoms with van der Waals surface area (Å²) < 4.78 is 7.36. The highest BCUT2D eigenvalue weighted by Crippen LogP contribution is 2.49. The van der Waals surface area contributed by atoms with Crippen LogP contribution in [0.4, 0.5) is 0 Å². The van der Waals surface area contributed by atoms with Crippen LogP contribution in [-0.2, 0) is 9.53 Å². The van der Waals surface area contributed by atoms with Crippen molar-refractivity contribution in [3.63, 3.8) is 0 Å². The number of aliphatic hydroxyl groups is 1. The number of para-hydroxylation sites is 1. The fraction of sp³-hybridized carbons (Fsp3) is 0.450. The normalized spacial score (nSPS) is 27.5. The van der Waals surface area contributed by atoms with Crippen LogP contribution < -0.4 is 0 Å². The highest BCUT2D eigenvalue weighted by Gasteiger charge is 2.46. The molecule has 1 saturated heterocycles. The van der Waals surface area contributed by atoms with Gasteiger partial charge in [-0.2, -0.15) is 0 Å². The summed E-state index contributed by atoms with van der Waals surface area (Å²) in [6.07, 6.45) is 3.01. The maximum absolute atomic E-state index is 12.7. The van der Waals surface area contributed by atoms with Crippen molar-refractivity contribution in [2.45, 2.75) is 25.4 Å². The molecule has 1 aromatic carbocycles. The Bertz CT molecular complexity index is 839. The van der Waals surface area contributed by atoms with Crippen LogP contribution in [0.1, 0.15) is 31.1 Å². The number of β-amino-alcohol motifs (C(OH)–C–C–N with tert-alkyl or cyclic N) is 1. The molecule has 2 aliphatic heterocycles. The molecule has 2 aliphatic rings. The first-order valence-electron chi connectivity index (χ1n) is 8.87. The molecule has 25 heavy (non-hydrogen) atoms. The third kappa shape index (κ3) is 2.41. The standard InChI is InChI=1S/C20H24N2O3/c1-3-13-12-21(8-9-23)17-11-15(13)19(20(24)25-2)22-16-7-5-4-6-14(16)10-18(17)22/h3-7,10,15,17,19,23H,8-9,11-12H2,1-2H3/b13-3-. The molecule has 3 unspecified atom stereocenters. The number of ether oxygens (including phenoxy) is 1. The Labute approximate surface area is 147 Å². The van der Waals surface area contributed by atoms with Crippen molar-refractivity contribution in [1.29, 1.82) is 0 Å². The predicted octanol–water partition coefficient (Wildman–Crippen LogP) is 2.67. The molecule has 0 spiro atoms. The van der Waals surface area contributed by atoms with Gasteiger partial charge in [-0.05, 0) is 30.9 Å². The summed E-state index contributed by atoms with van der Waals surface area (Å²) in [5.74, 6) is -0.0401. The van der Waals surface area contributed by atoms with Gasteiger partial charge in [0.15, 0.2) is 0 Å². The first kappa shape index (κ1) is 16.4. The quantitative estimate of drug-likeness (QED) is 0.689. The second-order valence-electron chi connectivity index (χ2n) is 6.88. The molecular formula is C20H24N2O3. The number of aromatic nitrogens is 1. The summed E-state index contributed by atoms with van der Waals surface area (Å²) in [5, 5.41) is 10.6. The summed E-state index contributed by atoms with van der Waals surface area (Å²) in [6, 6.07) is 10.3. The minimum Gasteiger partial charge on any atom is -0.467 e. The molecule has 1 N–H and O–H groups in total. The number of methoxy groups -OCH3 is 1. The second kappa shape index (κ2) is 6.32. The summed E-state index contributed by atoms with van der Waals surface area (Å²) in [6.45, 7) is 3.60. The third-order valence-electron chi connectivity index (χ3n) is 5.76. The zero-order valence-electron chi connectivity index (χ0n) is 14.7. The average molecular weight is 340 g/mol. The minimum atomic E-state index is -0.321. The van der Waals surface area contributed by atoms with E-state index in [0.29, 0.717) is 6.54 Å². The molecule has 4 rings (SSSR count).